The molecule has 2 aromatic rings. The Hall–Kier alpha value is -2.36. The van der Waals surface area contributed by atoms with Gasteiger partial charge in [-0.15, -0.1) is 11.8 Å². The van der Waals surface area contributed by atoms with Gasteiger partial charge >= 0.3 is 0 Å². The molecule has 3 rings (SSSR count). The van der Waals surface area contributed by atoms with E-state index in [-0.39, 0.29) is 22.5 Å². The second-order valence-corrected chi connectivity index (χ2v) is 11.1. The summed E-state index contributed by atoms with van der Waals surface area (Å²) >= 11 is 1.22. The molecule has 0 aliphatic carbocycles. The van der Waals surface area contributed by atoms with E-state index in [2.05, 4.69) is 10.6 Å². The summed E-state index contributed by atoms with van der Waals surface area (Å²) in [6.45, 7) is 4.74. The molecule has 1 unspecified atom stereocenters. The Morgan fingerprint density at radius 1 is 1.00 bits per heavy atom. The first-order valence-corrected chi connectivity index (χ1v) is 13.1. The number of benzene rings is 2. The van der Waals surface area contributed by atoms with Crippen molar-refractivity contribution in [2.45, 2.75) is 43.3 Å². The zero-order valence-electron chi connectivity index (χ0n) is 18.3. The molecule has 9 heteroatoms. The summed E-state index contributed by atoms with van der Waals surface area (Å²) in [7, 11) is -3.57. The number of amides is 2. The fourth-order valence-corrected chi connectivity index (χ4v) is 5.59. The molecule has 0 saturated carbocycles. The van der Waals surface area contributed by atoms with E-state index in [9.17, 15) is 18.0 Å². The van der Waals surface area contributed by atoms with E-state index in [1.807, 2.05) is 31.2 Å². The maximum Gasteiger partial charge on any atom is 0.243 e. The number of piperidine rings is 1. The van der Waals surface area contributed by atoms with Crippen LogP contribution < -0.4 is 10.6 Å². The van der Waals surface area contributed by atoms with Gasteiger partial charge in [0.2, 0.25) is 21.8 Å². The van der Waals surface area contributed by atoms with E-state index in [4.69, 9.17) is 0 Å². The van der Waals surface area contributed by atoms with Crippen molar-refractivity contribution in [1.82, 2.24) is 4.31 Å². The van der Waals surface area contributed by atoms with Crippen LogP contribution in [-0.4, -0.2) is 48.6 Å². The third-order valence-electron chi connectivity index (χ3n) is 5.22. The number of hydrogen-bond acceptors (Lipinski definition) is 5. The predicted molar refractivity (Wildman–Crippen MR) is 129 cm³/mol. The summed E-state index contributed by atoms with van der Waals surface area (Å²) in [4.78, 5) is 24.9. The van der Waals surface area contributed by atoms with E-state index >= 15 is 0 Å². The SMILES string of the molecule is Cc1ccc(NC(=O)CSC(C)C(=O)Nc2cccc(S(=O)(=O)N3CCCCC3)c2)cc1. The lowest BCUT2D eigenvalue weighted by Gasteiger charge is -2.26. The molecular formula is C23H29N3O4S2. The summed E-state index contributed by atoms with van der Waals surface area (Å²) in [6, 6.07) is 13.8. The van der Waals surface area contributed by atoms with Crippen LogP contribution in [0, 0.1) is 6.92 Å². The fraction of sp³-hybridized carbons (Fsp3) is 0.391. The molecule has 1 aliphatic rings. The first-order chi connectivity index (χ1) is 15.3. The average molecular weight is 476 g/mol. The minimum atomic E-state index is -3.57. The van der Waals surface area contributed by atoms with Gasteiger partial charge in [0, 0.05) is 24.5 Å². The smallest absolute Gasteiger partial charge is 0.243 e. The summed E-state index contributed by atoms with van der Waals surface area (Å²) in [5.74, 6) is -0.343. The quantitative estimate of drug-likeness (QED) is 0.604. The minimum Gasteiger partial charge on any atom is -0.325 e. The van der Waals surface area contributed by atoms with Crippen LogP contribution in [0.5, 0.6) is 0 Å². The zero-order chi connectivity index (χ0) is 23.1. The van der Waals surface area contributed by atoms with E-state index in [1.54, 1.807) is 25.1 Å². The Bertz CT molecular complexity index is 1050. The molecule has 2 aromatic carbocycles. The summed E-state index contributed by atoms with van der Waals surface area (Å²) in [5.41, 5.74) is 2.24. The maximum atomic E-state index is 12.9. The van der Waals surface area contributed by atoms with E-state index in [0.29, 0.717) is 24.5 Å². The Morgan fingerprint density at radius 3 is 2.38 bits per heavy atom. The lowest BCUT2D eigenvalue weighted by atomic mass is 10.2. The van der Waals surface area contributed by atoms with E-state index in [1.165, 1.54) is 22.1 Å². The molecule has 1 heterocycles. The van der Waals surface area contributed by atoms with Gasteiger partial charge in [-0.2, -0.15) is 4.31 Å². The standard InChI is InChI=1S/C23H29N3O4S2/c1-17-9-11-19(12-10-17)24-22(27)16-31-18(2)23(28)25-20-7-6-8-21(15-20)32(29,30)26-13-4-3-5-14-26/h6-12,15,18H,3-5,13-14,16H2,1-2H3,(H,24,27)(H,25,28). The molecular weight excluding hydrogens is 446 g/mol. The molecule has 0 aromatic heterocycles. The fourth-order valence-electron chi connectivity index (χ4n) is 3.34. The Balaban J connectivity index is 1.54. The van der Waals surface area contributed by atoms with Crippen molar-refractivity contribution in [3.05, 3.63) is 54.1 Å². The van der Waals surface area contributed by atoms with Crippen molar-refractivity contribution in [2.24, 2.45) is 0 Å². The van der Waals surface area contributed by atoms with Gasteiger partial charge in [0.25, 0.3) is 0 Å². The monoisotopic (exact) mass is 475 g/mol. The van der Waals surface area contributed by atoms with Crippen LogP contribution in [-0.2, 0) is 19.6 Å². The maximum absolute atomic E-state index is 12.9. The number of rotatable bonds is 8. The highest BCUT2D eigenvalue weighted by atomic mass is 32.2. The number of sulfonamides is 1. The molecule has 1 fully saturated rings. The molecule has 1 saturated heterocycles. The third kappa shape index (κ3) is 6.57. The van der Waals surface area contributed by atoms with Crippen molar-refractivity contribution >= 4 is 45.0 Å². The molecule has 2 N–H and O–H groups in total. The summed E-state index contributed by atoms with van der Waals surface area (Å²) < 4.78 is 27.2. The van der Waals surface area contributed by atoms with Crippen molar-refractivity contribution in [1.29, 1.82) is 0 Å². The second-order valence-electron chi connectivity index (χ2n) is 7.85. The molecule has 2 amide bonds. The van der Waals surface area contributed by atoms with E-state index < -0.39 is 15.3 Å². The van der Waals surface area contributed by atoms with Crippen LogP contribution in [0.4, 0.5) is 11.4 Å². The molecule has 32 heavy (non-hydrogen) atoms. The van der Waals surface area contributed by atoms with Gasteiger partial charge in [-0.25, -0.2) is 8.42 Å². The Labute approximate surface area is 194 Å². The number of nitrogens with zero attached hydrogens (tertiary/aromatic N) is 1. The normalized spacial score (nSPS) is 15.7. The van der Waals surface area contributed by atoms with Gasteiger partial charge in [-0.3, -0.25) is 9.59 Å². The summed E-state index contributed by atoms with van der Waals surface area (Å²) in [5, 5.41) is 5.08. The van der Waals surface area contributed by atoms with Crippen molar-refractivity contribution < 1.29 is 18.0 Å². The number of nitrogens with one attached hydrogen (secondary N) is 2. The number of hydrogen-bond donors (Lipinski definition) is 2. The van der Waals surface area contributed by atoms with Gasteiger partial charge in [0.05, 0.1) is 15.9 Å². The van der Waals surface area contributed by atoms with Crippen molar-refractivity contribution in [3.8, 4) is 0 Å². The summed E-state index contributed by atoms with van der Waals surface area (Å²) in [6.07, 6.45) is 2.77. The highest BCUT2D eigenvalue weighted by Gasteiger charge is 2.26. The van der Waals surface area contributed by atoms with Crippen LogP contribution in [0.3, 0.4) is 0 Å². The van der Waals surface area contributed by atoms with Crippen LogP contribution in [0.25, 0.3) is 0 Å². The minimum absolute atomic E-state index is 0.131. The predicted octanol–water partition coefficient (Wildman–Crippen LogP) is 3.87. The van der Waals surface area contributed by atoms with Gasteiger partial charge in [-0.05, 0) is 57.0 Å². The molecule has 1 aliphatic heterocycles. The first-order valence-electron chi connectivity index (χ1n) is 10.6. The second kappa shape index (κ2) is 11.0. The van der Waals surface area contributed by atoms with Gasteiger partial charge in [-0.1, -0.05) is 30.2 Å². The number of anilines is 2. The van der Waals surface area contributed by atoms with Crippen molar-refractivity contribution in [2.75, 3.05) is 29.5 Å². The van der Waals surface area contributed by atoms with Crippen molar-refractivity contribution in [3.63, 3.8) is 0 Å². The van der Waals surface area contributed by atoms with Crippen LogP contribution in [0.15, 0.2) is 53.4 Å². The molecule has 0 spiro atoms. The van der Waals surface area contributed by atoms with E-state index in [0.717, 1.165) is 24.8 Å². The highest BCUT2D eigenvalue weighted by molar-refractivity contribution is 8.01. The lowest BCUT2D eigenvalue weighted by Crippen LogP contribution is -2.35. The van der Waals surface area contributed by atoms with Gasteiger partial charge in [0.1, 0.15) is 0 Å². The average Bonchev–Trinajstić information content (AvgIpc) is 2.79. The molecule has 7 nitrogen and oxygen atoms in total. The molecule has 1 atom stereocenters. The van der Waals surface area contributed by atoms with Crippen LogP contribution >= 0.6 is 11.8 Å². The van der Waals surface area contributed by atoms with Gasteiger partial charge in [0.15, 0.2) is 0 Å². The molecule has 0 bridgehead atoms. The Kier molecular flexibility index (Phi) is 8.33. The Morgan fingerprint density at radius 2 is 1.69 bits per heavy atom. The largest absolute Gasteiger partial charge is 0.325 e. The highest BCUT2D eigenvalue weighted by Crippen LogP contribution is 2.23. The van der Waals surface area contributed by atoms with Crippen LogP contribution in [0.1, 0.15) is 31.7 Å². The number of carbonyl (C=O) groups is 2. The number of carbonyl (C=O) groups excluding carboxylic acids is 2. The lowest BCUT2D eigenvalue weighted by molar-refractivity contribution is -0.115. The molecule has 172 valence electrons. The topological polar surface area (TPSA) is 95.6 Å². The number of thioether (sulfide) groups is 1. The van der Waals surface area contributed by atoms with Gasteiger partial charge < -0.3 is 10.6 Å². The molecule has 0 radical (unpaired) electrons. The van der Waals surface area contributed by atoms with Crippen LogP contribution in [0.2, 0.25) is 0 Å². The third-order valence-corrected chi connectivity index (χ3v) is 8.26. The number of aryl methyl sites for hydroxylation is 1. The zero-order valence-corrected chi connectivity index (χ0v) is 20.0. The first kappa shape index (κ1) is 24.3.